The Labute approximate surface area is 228 Å². The highest BCUT2D eigenvalue weighted by atomic mass is 16.3. The van der Waals surface area contributed by atoms with Gasteiger partial charge in [0.1, 0.15) is 5.78 Å². The summed E-state index contributed by atoms with van der Waals surface area (Å²) in [6.07, 6.45) is 12.1. The summed E-state index contributed by atoms with van der Waals surface area (Å²) in [7, 11) is 4.35. The summed E-state index contributed by atoms with van der Waals surface area (Å²) >= 11 is 0. The molecule has 5 atom stereocenters. The Morgan fingerprint density at radius 1 is 0.694 bits per heavy atom. The van der Waals surface area contributed by atoms with E-state index in [1.165, 1.54) is 58.0 Å². The summed E-state index contributed by atoms with van der Waals surface area (Å²) in [6, 6.07) is 0. The van der Waals surface area contributed by atoms with E-state index in [1.54, 1.807) is 0 Å². The molecule has 0 aromatic rings. The molecule has 2 saturated carbocycles. The zero-order chi connectivity index (χ0) is 28.4. The number of aliphatic hydroxyl groups excluding tert-OH is 1. The number of likely N-dealkylation sites (tertiary alicyclic amines) is 2. The minimum atomic E-state index is -0.0527. The van der Waals surface area contributed by atoms with Gasteiger partial charge in [0.2, 0.25) is 0 Å². The molecule has 2 aliphatic carbocycles. The smallest absolute Gasteiger partial charge is 0.143 e. The summed E-state index contributed by atoms with van der Waals surface area (Å²) < 4.78 is 0. The van der Waals surface area contributed by atoms with Crippen molar-refractivity contribution in [2.24, 2.45) is 22.7 Å². The van der Waals surface area contributed by atoms with Gasteiger partial charge in [-0.15, -0.1) is 0 Å². The fourth-order valence-corrected chi connectivity index (χ4v) is 6.62. The summed E-state index contributed by atoms with van der Waals surface area (Å²) in [5, 5.41) is 10.3. The van der Waals surface area contributed by atoms with Crippen LogP contribution in [0.3, 0.4) is 0 Å². The van der Waals surface area contributed by atoms with Crippen LogP contribution in [0.1, 0.15) is 133 Å². The van der Waals surface area contributed by atoms with Crippen LogP contribution in [-0.4, -0.2) is 67.1 Å². The van der Waals surface area contributed by atoms with Gasteiger partial charge in [0, 0.05) is 29.8 Å². The van der Waals surface area contributed by atoms with Crippen LogP contribution in [-0.2, 0) is 4.79 Å². The fraction of sp³-hybridized carbons (Fsp3) is 0.969. The molecule has 4 rings (SSSR count). The predicted molar refractivity (Wildman–Crippen MR) is 161 cm³/mol. The lowest BCUT2D eigenvalue weighted by molar-refractivity contribution is -0.129. The van der Waals surface area contributed by atoms with Gasteiger partial charge in [-0.3, -0.25) is 4.79 Å². The average molecular weight is 513 g/mol. The van der Waals surface area contributed by atoms with Crippen molar-refractivity contribution in [2.75, 3.05) is 40.3 Å². The van der Waals surface area contributed by atoms with Crippen molar-refractivity contribution in [3.63, 3.8) is 0 Å². The second-order valence-electron chi connectivity index (χ2n) is 10.8. The van der Waals surface area contributed by atoms with Crippen LogP contribution < -0.4 is 0 Å². The summed E-state index contributed by atoms with van der Waals surface area (Å²) in [5.41, 5.74) is 0.287. The van der Waals surface area contributed by atoms with Crippen molar-refractivity contribution < 1.29 is 9.90 Å². The number of rotatable bonds is 0. The molecule has 4 fully saturated rings. The zero-order valence-electron chi connectivity index (χ0n) is 26.9. The van der Waals surface area contributed by atoms with E-state index in [0.29, 0.717) is 17.6 Å². The van der Waals surface area contributed by atoms with E-state index in [2.05, 4.69) is 37.7 Å². The molecule has 5 unspecified atom stereocenters. The van der Waals surface area contributed by atoms with Crippen molar-refractivity contribution in [1.82, 2.24) is 9.80 Å². The van der Waals surface area contributed by atoms with E-state index in [9.17, 15) is 9.90 Å². The highest BCUT2D eigenvalue weighted by molar-refractivity contribution is 5.89. The molecule has 218 valence electrons. The monoisotopic (exact) mass is 513 g/mol. The van der Waals surface area contributed by atoms with Gasteiger partial charge >= 0.3 is 0 Å². The predicted octanol–water partition coefficient (Wildman–Crippen LogP) is 8.07. The molecule has 1 N–H and O–H groups in total. The Balaban J connectivity index is 0. The van der Waals surface area contributed by atoms with Crippen LogP contribution in [0, 0.1) is 22.7 Å². The lowest BCUT2D eigenvalue weighted by Crippen LogP contribution is -2.41. The lowest BCUT2D eigenvalue weighted by Gasteiger charge is -2.35. The van der Waals surface area contributed by atoms with Gasteiger partial charge in [0.05, 0.1) is 6.10 Å². The normalized spacial score (nSPS) is 34.1. The third-order valence-electron chi connectivity index (χ3n) is 8.36. The van der Waals surface area contributed by atoms with Gasteiger partial charge in [0.25, 0.3) is 0 Å². The molecule has 2 heterocycles. The van der Waals surface area contributed by atoms with Crippen LogP contribution >= 0.6 is 0 Å². The second-order valence-corrected chi connectivity index (χ2v) is 10.8. The lowest BCUT2D eigenvalue weighted by atomic mass is 9.78. The molecule has 2 saturated heterocycles. The first kappa shape index (κ1) is 37.7. The number of hydrogen-bond acceptors (Lipinski definition) is 4. The van der Waals surface area contributed by atoms with Crippen LogP contribution in [0.5, 0.6) is 0 Å². The van der Waals surface area contributed by atoms with E-state index in [4.69, 9.17) is 0 Å². The van der Waals surface area contributed by atoms with Crippen molar-refractivity contribution in [3.8, 4) is 0 Å². The standard InChI is InChI=1S/C12H23NO.C12H21NO.4C2H6/c2*1-10-5-7-12(11(10)14)6-3-4-8-13(2)9-12;4*1-2/h10-11,14H,3-9H2,1-2H3;10H,3-9H2,1-2H3;4*1-2H3. The molecule has 0 bridgehead atoms. The Morgan fingerprint density at radius 2 is 1.19 bits per heavy atom. The van der Waals surface area contributed by atoms with Crippen molar-refractivity contribution in [3.05, 3.63) is 0 Å². The number of carbonyl (C=O) groups is 1. The summed E-state index contributed by atoms with van der Waals surface area (Å²) in [6.45, 7) is 24.8. The zero-order valence-corrected chi connectivity index (χ0v) is 26.9. The number of ketones is 1. The van der Waals surface area contributed by atoms with Crippen molar-refractivity contribution in [2.45, 2.75) is 140 Å². The van der Waals surface area contributed by atoms with Crippen LogP contribution in [0.2, 0.25) is 0 Å². The van der Waals surface area contributed by atoms with Crippen LogP contribution in [0.25, 0.3) is 0 Å². The Morgan fingerprint density at radius 3 is 1.64 bits per heavy atom. The van der Waals surface area contributed by atoms with Crippen LogP contribution in [0.4, 0.5) is 0 Å². The summed E-state index contributed by atoms with van der Waals surface area (Å²) in [4.78, 5) is 16.9. The van der Waals surface area contributed by atoms with E-state index in [0.717, 1.165) is 32.4 Å². The topological polar surface area (TPSA) is 43.8 Å². The second kappa shape index (κ2) is 20.5. The fourth-order valence-electron chi connectivity index (χ4n) is 6.62. The molecular weight excluding hydrogens is 444 g/mol. The minimum absolute atomic E-state index is 0.0463. The van der Waals surface area contributed by atoms with Gasteiger partial charge in [-0.1, -0.05) is 82.1 Å². The molecular formula is C32H68N2O2. The third-order valence-corrected chi connectivity index (χ3v) is 8.36. The van der Waals surface area contributed by atoms with E-state index >= 15 is 0 Å². The molecule has 0 amide bonds. The SMILES string of the molecule is CC.CC.CC.CC.CC1CCC2(CCCCN(C)C2)C1=O.CC1CCC2(CCCCN(C)C2)C1O. The Bertz CT molecular complexity index is 540. The quantitative estimate of drug-likeness (QED) is 0.356. The molecule has 36 heavy (non-hydrogen) atoms. The maximum atomic E-state index is 12.2. The van der Waals surface area contributed by atoms with Gasteiger partial charge in [-0.05, 0) is 84.5 Å². The largest absolute Gasteiger partial charge is 0.392 e. The first-order valence-corrected chi connectivity index (χ1v) is 15.9. The van der Waals surface area contributed by atoms with E-state index in [1.807, 2.05) is 55.4 Å². The number of aliphatic hydroxyl groups is 1. The maximum Gasteiger partial charge on any atom is 0.143 e. The van der Waals surface area contributed by atoms with E-state index < -0.39 is 0 Å². The van der Waals surface area contributed by atoms with Gasteiger partial charge in [0.15, 0.2) is 0 Å². The Hall–Kier alpha value is -0.450. The first-order chi connectivity index (χ1) is 17.3. The first-order valence-electron chi connectivity index (χ1n) is 15.9. The minimum Gasteiger partial charge on any atom is -0.392 e. The molecule has 0 aromatic carbocycles. The van der Waals surface area contributed by atoms with Gasteiger partial charge in [-0.2, -0.15) is 0 Å². The van der Waals surface area contributed by atoms with Crippen LogP contribution in [0.15, 0.2) is 0 Å². The number of carbonyl (C=O) groups excluding carboxylic acids is 1. The van der Waals surface area contributed by atoms with Gasteiger partial charge in [-0.25, -0.2) is 0 Å². The average Bonchev–Trinajstić information content (AvgIpc) is 3.16. The molecule has 2 aliphatic heterocycles. The number of hydrogen-bond donors (Lipinski definition) is 1. The number of nitrogens with zero attached hydrogens (tertiary/aromatic N) is 2. The van der Waals surface area contributed by atoms with Crippen molar-refractivity contribution >= 4 is 5.78 Å². The highest BCUT2D eigenvalue weighted by Gasteiger charge is 2.47. The maximum absolute atomic E-state index is 12.2. The highest BCUT2D eigenvalue weighted by Crippen LogP contribution is 2.47. The Kier molecular flexibility index (Phi) is 21.5. The van der Waals surface area contributed by atoms with Crippen molar-refractivity contribution in [1.29, 1.82) is 0 Å². The van der Waals surface area contributed by atoms with Gasteiger partial charge < -0.3 is 14.9 Å². The summed E-state index contributed by atoms with van der Waals surface area (Å²) in [5.74, 6) is 1.38. The molecule has 0 aromatic heterocycles. The molecule has 4 aliphatic rings. The van der Waals surface area contributed by atoms with E-state index in [-0.39, 0.29) is 16.9 Å². The molecule has 4 nitrogen and oxygen atoms in total. The number of Topliss-reactive ketones (excluding diaryl/α,β-unsaturated/α-hetero) is 1. The molecule has 2 spiro atoms. The molecule has 0 radical (unpaired) electrons. The third kappa shape index (κ3) is 10.7. The molecule has 4 heteroatoms.